The van der Waals surface area contributed by atoms with Crippen molar-refractivity contribution in [2.75, 3.05) is 6.54 Å². The Labute approximate surface area is 80.1 Å². The molecule has 0 spiro atoms. The molecule has 0 aliphatic heterocycles. The fraction of sp³-hybridized carbons (Fsp3) is 0.700. The number of hydrogen-bond acceptors (Lipinski definition) is 2. The first kappa shape index (κ1) is 12.0. The summed E-state index contributed by atoms with van der Waals surface area (Å²) < 4.78 is 0. The van der Waals surface area contributed by atoms with Crippen LogP contribution in [0.2, 0.25) is 0 Å². The van der Waals surface area contributed by atoms with Gasteiger partial charge in [0.25, 0.3) is 0 Å². The van der Waals surface area contributed by atoms with Gasteiger partial charge in [0.15, 0.2) is 0 Å². The standard InChI is InChI=1S/C10H18N2O/c1-3-4-5-6-7-12-10(13)8-9(2)11/h1,9H,4-8,11H2,2H3,(H,12,13). The van der Waals surface area contributed by atoms with Crippen LogP contribution in [0, 0.1) is 12.3 Å². The van der Waals surface area contributed by atoms with Gasteiger partial charge < -0.3 is 11.1 Å². The molecule has 0 saturated heterocycles. The third-order valence-corrected chi connectivity index (χ3v) is 1.58. The van der Waals surface area contributed by atoms with Crippen LogP contribution in [0.1, 0.15) is 32.6 Å². The second-order valence-electron chi connectivity index (χ2n) is 3.19. The van der Waals surface area contributed by atoms with Gasteiger partial charge in [0.2, 0.25) is 5.91 Å². The zero-order valence-corrected chi connectivity index (χ0v) is 8.18. The van der Waals surface area contributed by atoms with Crippen molar-refractivity contribution in [3.05, 3.63) is 0 Å². The van der Waals surface area contributed by atoms with Gasteiger partial charge >= 0.3 is 0 Å². The second kappa shape index (κ2) is 7.63. The van der Waals surface area contributed by atoms with Gasteiger partial charge in [0.05, 0.1) is 0 Å². The number of terminal acetylenes is 1. The number of hydrogen-bond donors (Lipinski definition) is 2. The highest BCUT2D eigenvalue weighted by molar-refractivity contribution is 5.76. The molecule has 0 aromatic heterocycles. The van der Waals surface area contributed by atoms with E-state index in [1.807, 2.05) is 6.92 Å². The van der Waals surface area contributed by atoms with E-state index >= 15 is 0 Å². The summed E-state index contributed by atoms with van der Waals surface area (Å²) in [6, 6.07) is -0.0642. The highest BCUT2D eigenvalue weighted by atomic mass is 16.1. The van der Waals surface area contributed by atoms with Gasteiger partial charge in [-0.2, -0.15) is 0 Å². The Morgan fingerprint density at radius 3 is 2.85 bits per heavy atom. The molecule has 0 saturated carbocycles. The molecule has 0 aliphatic carbocycles. The maximum Gasteiger partial charge on any atom is 0.221 e. The van der Waals surface area contributed by atoms with Crippen molar-refractivity contribution in [2.45, 2.75) is 38.6 Å². The molecule has 3 N–H and O–H groups in total. The highest BCUT2D eigenvalue weighted by Crippen LogP contribution is 1.92. The van der Waals surface area contributed by atoms with Gasteiger partial charge in [-0.15, -0.1) is 12.3 Å². The first-order valence-electron chi connectivity index (χ1n) is 4.62. The molecule has 0 radical (unpaired) electrons. The third-order valence-electron chi connectivity index (χ3n) is 1.58. The Morgan fingerprint density at radius 1 is 1.62 bits per heavy atom. The number of unbranched alkanes of at least 4 members (excludes halogenated alkanes) is 2. The lowest BCUT2D eigenvalue weighted by atomic mass is 10.2. The van der Waals surface area contributed by atoms with Crippen LogP contribution in [0.4, 0.5) is 0 Å². The van der Waals surface area contributed by atoms with E-state index in [2.05, 4.69) is 11.2 Å². The number of carbonyl (C=O) groups excluding carboxylic acids is 1. The Morgan fingerprint density at radius 2 is 2.31 bits per heavy atom. The molecule has 1 amide bonds. The third kappa shape index (κ3) is 8.90. The predicted molar refractivity (Wildman–Crippen MR) is 54.0 cm³/mol. The zero-order chi connectivity index (χ0) is 10.1. The number of amides is 1. The van der Waals surface area contributed by atoms with Crippen LogP contribution < -0.4 is 11.1 Å². The molecule has 13 heavy (non-hydrogen) atoms. The van der Waals surface area contributed by atoms with Gasteiger partial charge in [-0.1, -0.05) is 0 Å². The molecule has 0 aliphatic rings. The zero-order valence-electron chi connectivity index (χ0n) is 8.18. The van der Waals surface area contributed by atoms with Crippen LogP contribution in [0.5, 0.6) is 0 Å². The van der Waals surface area contributed by atoms with E-state index in [0.29, 0.717) is 13.0 Å². The summed E-state index contributed by atoms with van der Waals surface area (Å²) in [6.07, 6.45) is 8.17. The lowest BCUT2D eigenvalue weighted by Gasteiger charge is -2.06. The van der Waals surface area contributed by atoms with E-state index in [-0.39, 0.29) is 11.9 Å². The molecule has 0 heterocycles. The Hall–Kier alpha value is -1.01. The number of carbonyl (C=O) groups is 1. The molecule has 0 rings (SSSR count). The fourth-order valence-electron chi connectivity index (χ4n) is 0.944. The average Bonchev–Trinajstić information content (AvgIpc) is 2.02. The second-order valence-corrected chi connectivity index (χ2v) is 3.19. The van der Waals surface area contributed by atoms with Gasteiger partial charge in [-0.05, 0) is 19.8 Å². The van der Waals surface area contributed by atoms with Crippen molar-refractivity contribution in [3.63, 3.8) is 0 Å². The molecule has 3 heteroatoms. The van der Waals surface area contributed by atoms with E-state index in [1.165, 1.54) is 0 Å². The SMILES string of the molecule is C#CCCCCNC(=O)CC(C)N. The Balaban J connectivity index is 3.23. The summed E-state index contributed by atoms with van der Waals surface area (Å²) in [5, 5.41) is 2.79. The van der Waals surface area contributed by atoms with E-state index in [9.17, 15) is 4.79 Å². The normalized spacial score (nSPS) is 11.8. The lowest BCUT2D eigenvalue weighted by molar-refractivity contribution is -0.121. The van der Waals surface area contributed by atoms with Crippen molar-refractivity contribution >= 4 is 5.91 Å². The first-order valence-corrected chi connectivity index (χ1v) is 4.62. The van der Waals surface area contributed by atoms with Gasteiger partial charge in [-0.25, -0.2) is 0 Å². The first-order chi connectivity index (χ1) is 6.16. The van der Waals surface area contributed by atoms with Gasteiger partial charge in [-0.3, -0.25) is 4.79 Å². The predicted octanol–water partition coefficient (Wildman–Crippen LogP) is 0.643. The summed E-state index contributed by atoms with van der Waals surface area (Å²) in [7, 11) is 0. The monoisotopic (exact) mass is 182 g/mol. The van der Waals surface area contributed by atoms with E-state index in [1.54, 1.807) is 0 Å². The van der Waals surface area contributed by atoms with E-state index in [4.69, 9.17) is 12.2 Å². The smallest absolute Gasteiger partial charge is 0.221 e. The van der Waals surface area contributed by atoms with Crippen molar-refractivity contribution in [1.29, 1.82) is 0 Å². The molecule has 0 aromatic rings. The molecule has 1 unspecified atom stereocenters. The molecule has 0 aromatic carbocycles. The number of nitrogens with one attached hydrogen (secondary N) is 1. The Kier molecular flexibility index (Phi) is 7.04. The minimum absolute atomic E-state index is 0.0238. The van der Waals surface area contributed by atoms with Crippen molar-refractivity contribution in [2.24, 2.45) is 5.73 Å². The van der Waals surface area contributed by atoms with Crippen LogP contribution >= 0.6 is 0 Å². The van der Waals surface area contributed by atoms with E-state index < -0.39 is 0 Å². The van der Waals surface area contributed by atoms with Crippen LogP contribution in [0.15, 0.2) is 0 Å². The van der Waals surface area contributed by atoms with Crippen LogP contribution in [-0.4, -0.2) is 18.5 Å². The van der Waals surface area contributed by atoms with Crippen molar-refractivity contribution in [1.82, 2.24) is 5.32 Å². The average molecular weight is 182 g/mol. The summed E-state index contributed by atoms with van der Waals surface area (Å²) in [4.78, 5) is 11.1. The minimum atomic E-state index is -0.0642. The van der Waals surface area contributed by atoms with Crippen molar-refractivity contribution < 1.29 is 4.79 Å². The summed E-state index contributed by atoms with van der Waals surface area (Å²) >= 11 is 0. The maximum absolute atomic E-state index is 11.1. The summed E-state index contributed by atoms with van der Waals surface area (Å²) in [6.45, 7) is 2.52. The minimum Gasteiger partial charge on any atom is -0.356 e. The van der Waals surface area contributed by atoms with Crippen LogP contribution in [0.3, 0.4) is 0 Å². The quantitative estimate of drug-likeness (QED) is 0.468. The summed E-state index contributed by atoms with van der Waals surface area (Å²) in [5.74, 6) is 2.58. The number of nitrogens with two attached hydrogens (primary N) is 1. The molecule has 74 valence electrons. The van der Waals surface area contributed by atoms with Crippen molar-refractivity contribution in [3.8, 4) is 12.3 Å². The molecular formula is C10H18N2O. The summed E-state index contributed by atoms with van der Waals surface area (Å²) in [5.41, 5.74) is 5.46. The molecule has 3 nitrogen and oxygen atoms in total. The lowest BCUT2D eigenvalue weighted by Crippen LogP contribution is -2.30. The van der Waals surface area contributed by atoms with E-state index in [0.717, 1.165) is 19.3 Å². The highest BCUT2D eigenvalue weighted by Gasteiger charge is 2.02. The largest absolute Gasteiger partial charge is 0.356 e. The van der Waals surface area contributed by atoms with Gasteiger partial charge in [0, 0.05) is 25.4 Å². The van der Waals surface area contributed by atoms with Crippen LogP contribution in [-0.2, 0) is 4.79 Å². The Bertz CT molecular complexity index is 182. The van der Waals surface area contributed by atoms with Crippen LogP contribution in [0.25, 0.3) is 0 Å². The maximum atomic E-state index is 11.1. The molecular weight excluding hydrogens is 164 g/mol. The topological polar surface area (TPSA) is 55.1 Å². The molecule has 0 bridgehead atoms. The fourth-order valence-corrected chi connectivity index (χ4v) is 0.944. The molecule has 1 atom stereocenters. The number of rotatable bonds is 6. The van der Waals surface area contributed by atoms with Gasteiger partial charge in [0.1, 0.15) is 0 Å². The molecule has 0 fully saturated rings.